The van der Waals surface area contributed by atoms with Gasteiger partial charge in [-0.05, 0) is 24.6 Å². The second kappa shape index (κ2) is 7.97. The molecule has 0 bridgehead atoms. The van der Waals surface area contributed by atoms with E-state index in [0.717, 1.165) is 4.90 Å². The van der Waals surface area contributed by atoms with Crippen LogP contribution in [0, 0.1) is 10.1 Å². The number of fused-ring (bicyclic) bond motifs is 1. The number of ether oxygens (including phenoxy) is 1. The number of hydrogen-bond acceptors (Lipinski definition) is 6. The molecule has 1 atom stereocenters. The molecular formula is C19H18N4O6. The normalized spacial score (nSPS) is 15.3. The van der Waals surface area contributed by atoms with Crippen molar-refractivity contribution in [3.8, 4) is 5.75 Å². The molecule has 0 radical (unpaired) electrons. The topological polar surface area (TPSA) is 145 Å². The first-order valence-electron chi connectivity index (χ1n) is 8.77. The van der Waals surface area contributed by atoms with Gasteiger partial charge >= 0.3 is 0 Å². The fourth-order valence-electron chi connectivity index (χ4n) is 2.99. The van der Waals surface area contributed by atoms with Crippen LogP contribution < -0.4 is 20.7 Å². The maximum atomic E-state index is 12.7. The molecule has 3 rings (SSSR count). The third kappa shape index (κ3) is 4.00. The Morgan fingerprint density at radius 2 is 2.00 bits per heavy atom. The molecule has 10 nitrogen and oxygen atoms in total. The summed E-state index contributed by atoms with van der Waals surface area (Å²) in [6, 6.07) is 10.0. The highest BCUT2D eigenvalue weighted by molar-refractivity contribution is 6.08. The van der Waals surface area contributed by atoms with Crippen LogP contribution in [0.3, 0.4) is 0 Å². The molecule has 1 aliphatic rings. The smallest absolute Gasteiger partial charge is 0.271 e. The van der Waals surface area contributed by atoms with Crippen molar-refractivity contribution < 1.29 is 24.0 Å². The number of nitrogens with one attached hydrogen (secondary N) is 1. The largest absolute Gasteiger partial charge is 0.478 e. The Hall–Kier alpha value is -3.95. The Morgan fingerprint density at radius 3 is 2.66 bits per heavy atom. The summed E-state index contributed by atoms with van der Waals surface area (Å²) in [5, 5.41) is 13.7. The summed E-state index contributed by atoms with van der Waals surface area (Å²) in [6.07, 6.45) is -0.451. The van der Waals surface area contributed by atoms with Crippen molar-refractivity contribution in [1.29, 1.82) is 0 Å². The van der Waals surface area contributed by atoms with Gasteiger partial charge in [-0.2, -0.15) is 0 Å². The van der Waals surface area contributed by atoms with Crippen molar-refractivity contribution in [3.63, 3.8) is 0 Å². The lowest BCUT2D eigenvalue weighted by molar-refractivity contribution is -0.384. The Labute approximate surface area is 165 Å². The highest BCUT2D eigenvalue weighted by atomic mass is 16.6. The molecule has 3 amide bonds. The SMILES string of the molecule is CCC1Oc2ccc([N+](=O)[O-])cc2N(CC(=O)Nc2ccccc2C(N)=O)C1=O. The molecule has 0 aromatic heterocycles. The minimum Gasteiger partial charge on any atom is -0.478 e. The maximum absolute atomic E-state index is 12.7. The third-order valence-electron chi connectivity index (χ3n) is 4.39. The summed E-state index contributed by atoms with van der Waals surface area (Å²) >= 11 is 0. The van der Waals surface area contributed by atoms with Gasteiger partial charge in [-0.15, -0.1) is 0 Å². The van der Waals surface area contributed by atoms with Crippen molar-refractivity contribution >= 4 is 34.8 Å². The van der Waals surface area contributed by atoms with Crippen LogP contribution in [0.2, 0.25) is 0 Å². The van der Waals surface area contributed by atoms with E-state index in [0.29, 0.717) is 6.42 Å². The van der Waals surface area contributed by atoms with Gasteiger partial charge in [-0.1, -0.05) is 19.1 Å². The van der Waals surface area contributed by atoms with E-state index in [1.54, 1.807) is 19.1 Å². The first-order chi connectivity index (χ1) is 13.8. The number of para-hydroxylation sites is 1. The summed E-state index contributed by atoms with van der Waals surface area (Å²) in [6.45, 7) is 1.33. The molecular weight excluding hydrogens is 380 g/mol. The van der Waals surface area contributed by atoms with Crippen LogP contribution in [0.15, 0.2) is 42.5 Å². The molecule has 0 aliphatic carbocycles. The number of nitro benzene ring substituents is 1. The fourth-order valence-corrected chi connectivity index (χ4v) is 2.99. The Morgan fingerprint density at radius 1 is 1.28 bits per heavy atom. The van der Waals surface area contributed by atoms with Crippen LogP contribution in [-0.4, -0.2) is 35.3 Å². The first-order valence-corrected chi connectivity index (χ1v) is 8.77. The van der Waals surface area contributed by atoms with Crippen LogP contribution in [0.25, 0.3) is 0 Å². The lowest BCUT2D eigenvalue weighted by atomic mass is 10.1. The van der Waals surface area contributed by atoms with Crippen LogP contribution in [0.1, 0.15) is 23.7 Å². The Bertz CT molecular complexity index is 1010. The monoisotopic (exact) mass is 398 g/mol. The van der Waals surface area contributed by atoms with Gasteiger partial charge in [-0.25, -0.2) is 0 Å². The number of nitrogens with two attached hydrogens (primary N) is 1. The number of amides is 3. The number of primary amides is 1. The second-order valence-electron chi connectivity index (χ2n) is 6.31. The van der Waals surface area contributed by atoms with Crippen molar-refractivity contribution in [2.45, 2.75) is 19.4 Å². The predicted octanol–water partition coefficient (Wildman–Crippen LogP) is 1.84. The summed E-state index contributed by atoms with van der Waals surface area (Å²) in [7, 11) is 0. The van der Waals surface area contributed by atoms with E-state index in [9.17, 15) is 24.5 Å². The highest BCUT2D eigenvalue weighted by Gasteiger charge is 2.35. The van der Waals surface area contributed by atoms with Crippen LogP contribution in [-0.2, 0) is 9.59 Å². The molecule has 1 unspecified atom stereocenters. The van der Waals surface area contributed by atoms with Gasteiger partial charge in [0.05, 0.1) is 21.9 Å². The molecule has 150 valence electrons. The molecule has 0 saturated heterocycles. The number of anilines is 2. The molecule has 0 spiro atoms. The van der Waals surface area contributed by atoms with E-state index in [1.165, 1.54) is 30.3 Å². The molecule has 3 N–H and O–H groups in total. The Kier molecular flexibility index (Phi) is 5.44. The van der Waals surface area contributed by atoms with E-state index >= 15 is 0 Å². The number of benzene rings is 2. The molecule has 2 aromatic rings. The van der Waals surface area contributed by atoms with E-state index in [-0.39, 0.29) is 28.4 Å². The zero-order chi connectivity index (χ0) is 21.1. The number of rotatable bonds is 6. The Balaban J connectivity index is 1.90. The molecule has 2 aromatic carbocycles. The van der Waals surface area contributed by atoms with E-state index in [1.807, 2.05) is 0 Å². The summed E-state index contributed by atoms with van der Waals surface area (Å²) in [5.74, 6) is -1.53. The standard InChI is InChI=1S/C19H18N4O6/c1-2-15-19(26)22(14-9-11(23(27)28)7-8-16(14)29-15)10-17(24)21-13-6-4-3-5-12(13)18(20)25/h3-9,15H,2,10H2,1H3,(H2,20,25)(H,21,24). The van der Waals surface area contributed by atoms with Crippen molar-refractivity contribution in [3.05, 3.63) is 58.1 Å². The number of nitro groups is 1. The lowest BCUT2D eigenvalue weighted by Gasteiger charge is -2.33. The molecule has 1 aliphatic heterocycles. The van der Waals surface area contributed by atoms with Gasteiger partial charge in [0.2, 0.25) is 5.91 Å². The first kappa shape index (κ1) is 19.8. The summed E-state index contributed by atoms with van der Waals surface area (Å²) < 4.78 is 5.60. The molecule has 29 heavy (non-hydrogen) atoms. The van der Waals surface area contributed by atoms with Gasteiger partial charge in [0.25, 0.3) is 17.5 Å². The number of non-ortho nitro benzene ring substituents is 1. The van der Waals surface area contributed by atoms with Gasteiger partial charge < -0.3 is 15.8 Å². The summed E-state index contributed by atoms with van der Waals surface area (Å²) in [5.41, 5.74) is 5.53. The zero-order valence-corrected chi connectivity index (χ0v) is 15.5. The predicted molar refractivity (Wildman–Crippen MR) is 104 cm³/mol. The van der Waals surface area contributed by atoms with Gasteiger partial charge in [0.1, 0.15) is 12.3 Å². The van der Waals surface area contributed by atoms with Crippen molar-refractivity contribution in [2.75, 3.05) is 16.8 Å². The number of hydrogen-bond donors (Lipinski definition) is 2. The van der Waals surface area contributed by atoms with Gasteiger partial charge in [0, 0.05) is 12.1 Å². The van der Waals surface area contributed by atoms with Gasteiger partial charge in [0.15, 0.2) is 6.10 Å². The van der Waals surface area contributed by atoms with Crippen LogP contribution >= 0.6 is 0 Å². The zero-order valence-electron chi connectivity index (χ0n) is 15.5. The summed E-state index contributed by atoms with van der Waals surface area (Å²) in [4.78, 5) is 48.5. The van der Waals surface area contributed by atoms with Crippen molar-refractivity contribution in [1.82, 2.24) is 0 Å². The van der Waals surface area contributed by atoms with E-state index in [4.69, 9.17) is 10.5 Å². The van der Waals surface area contributed by atoms with E-state index in [2.05, 4.69) is 5.32 Å². The fraction of sp³-hybridized carbons (Fsp3) is 0.211. The minimum atomic E-state index is -0.810. The lowest BCUT2D eigenvalue weighted by Crippen LogP contribution is -2.48. The molecule has 0 fully saturated rings. The quantitative estimate of drug-likeness (QED) is 0.561. The minimum absolute atomic E-state index is 0.122. The third-order valence-corrected chi connectivity index (χ3v) is 4.39. The molecule has 0 saturated carbocycles. The van der Waals surface area contributed by atoms with Gasteiger partial charge in [-0.3, -0.25) is 29.4 Å². The number of nitrogens with zero attached hydrogens (tertiary/aromatic N) is 2. The molecule has 1 heterocycles. The van der Waals surface area contributed by atoms with E-state index < -0.39 is 35.3 Å². The van der Waals surface area contributed by atoms with Crippen LogP contribution in [0.4, 0.5) is 17.1 Å². The average molecular weight is 398 g/mol. The highest BCUT2D eigenvalue weighted by Crippen LogP contribution is 2.37. The van der Waals surface area contributed by atoms with Crippen molar-refractivity contribution in [2.24, 2.45) is 5.73 Å². The number of carbonyl (C=O) groups is 3. The number of carbonyl (C=O) groups excluding carboxylic acids is 3. The average Bonchev–Trinajstić information content (AvgIpc) is 2.69. The maximum Gasteiger partial charge on any atom is 0.271 e. The van der Waals surface area contributed by atoms with Crippen LogP contribution in [0.5, 0.6) is 5.75 Å². The molecule has 10 heteroatoms. The second-order valence-corrected chi connectivity index (χ2v) is 6.31.